The van der Waals surface area contributed by atoms with Gasteiger partial charge in [0.15, 0.2) is 5.16 Å². The second-order valence-corrected chi connectivity index (χ2v) is 6.86. The van der Waals surface area contributed by atoms with Crippen molar-refractivity contribution in [3.05, 3.63) is 34.3 Å². The molecule has 1 N–H and O–H groups in total. The number of halogens is 2. The summed E-state index contributed by atoms with van der Waals surface area (Å²) < 4.78 is 0. The summed E-state index contributed by atoms with van der Waals surface area (Å²) in [5.74, 6) is 0.846. The van der Waals surface area contributed by atoms with E-state index in [9.17, 15) is 0 Å². The minimum atomic E-state index is 0.546. The number of nitrogens with one attached hydrogen (secondary N) is 1. The molecule has 0 amide bonds. The van der Waals surface area contributed by atoms with Crippen LogP contribution in [0.2, 0.25) is 10.0 Å². The van der Waals surface area contributed by atoms with Gasteiger partial charge in [0.05, 0.1) is 10.0 Å². The summed E-state index contributed by atoms with van der Waals surface area (Å²) in [5, 5.41) is 6.02. The van der Waals surface area contributed by atoms with E-state index >= 15 is 0 Å². The molecular formula is C14H15Cl2N3S2. The van der Waals surface area contributed by atoms with Crippen LogP contribution < -0.4 is 5.32 Å². The van der Waals surface area contributed by atoms with E-state index in [2.05, 4.69) is 22.2 Å². The van der Waals surface area contributed by atoms with Gasteiger partial charge >= 0.3 is 0 Å². The van der Waals surface area contributed by atoms with Crippen molar-refractivity contribution in [2.45, 2.75) is 28.4 Å². The first-order valence-electron chi connectivity index (χ1n) is 6.42. The first kappa shape index (κ1) is 16.7. The molecule has 1 aromatic carbocycles. The van der Waals surface area contributed by atoms with Crippen LogP contribution in [0.1, 0.15) is 13.3 Å². The van der Waals surface area contributed by atoms with E-state index in [1.165, 1.54) is 11.8 Å². The molecule has 0 aliphatic carbocycles. The predicted molar refractivity (Wildman–Crippen MR) is 93.2 cm³/mol. The molecule has 3 nitrogen and oxygen atoms in total. The highest BCUT2D eigenvalue weighted by Crippen LogP contribution is 2.33. The topological polar surface area (TPSA) is 37.8 Å². The number of benzene rings is 1. The fourth-order valence-electron chi connectivity index (χ4n) is 1.55. The Labute approximate surface area is 143 Å². The molecule has 2 rings (SSSR count). The molecule has 7 heteroatoms. The highest BCUT2D eigenvalue weighted by atomic mass is 35.5. The van der Waals surface area contributed by atoms with Gasteiger partial charge in [-0.1, -0.05) is 53.6 Å². The van der Waals surface area contributed by atoms with E-state index in [4.69, 9.17) is 23.2 Å². The van der Waals surface area contributed by atoms with Crippen LogP contribution in [0.25, 0.3) is 0 Å². The first-order valence-corrected chi connectivity index (χ1v) is 9.22. The van der Waals surface area contributed by atoms with Gasteiger partial charge in [-0.3, -0.25) is 0 Å². The van der Waals surface area contributed by atoms with E-state index in [0.29, 0.717) is 10.0 Å². The minimum absolute atomic E-state index is 0.546. The average Bonchev–Trinajstić information content (AvgIpc) is 2.48. The Morgan fingerprint density at radius 1 is 1.14 bits per heavy atom. The van der Waals surface area contributed by atoms with E-state index in [1.54, 1.807) is 17.8 Å². The highest BCUT2D eigenvalue weighted by molar-refractivity contribution is 7.99. The van der Waals surface area contributed by atoms with Crippen LogP contribution in [0.5, 0.6) is 0 Å². The van der Waals surface area contributed by atoms with Crippen molar-refractivity contribution in [3.8, 4) is 0 Å². The second kappa shape index (κ2) is 8.13. The first-order chi connectivity index (χ1) is 10.1. The summed E-state index contributed by atoms with van der Waals surface area (Å²) >= 11 is 15.0. The van der Waals surface area contributed by atoms with Crippen LogP contribution in [0, 0.1) is 0 Å². The lowest BCUT2D eigenvalue weighted by atomic mass is 10.4. The Bertz CT molecular complexity index is 623. The monoisotopic (exact) mass is 359 g/mol. The Morgan fingerprint density at radius 3 is 2.62 bits per heavy atom. The van der Waals surface area contributed by atoms with Crippen LogP contribution in [0.3, 0.4) is 0 Å². The zero-order valence-electron chi connectivity index (χ0n) is 11.7. The Morgan fingerprint density at radius 2 is 1.95 bits per heavy atom. The van der Waals surface area contributed by atoms with E-state index in [-0.39, 0.29) is 0 Å². The molecule has 2 aromatic rings. The lowest BCUT2D eigenvalue weighted by Gasteiger charge is -2.08. The van der Waals surface area contributed by atoms with Crippen molar-refractivity contribution in [2.75, 3.05) is 18.1 Å². The second-order valence-electron chi connectivity index (χ2n) is 4.18. The molecule has 0 fully saturated rings. The van der Waals surface area contributed by atoms with Crippen LogP contribution in [-0.2, 0) is 0 Å². The van der Waals surface area contributed by atoms with Crippen molar-refractivity contribution < 1.29 is 0 Å². The van der Waals surface area contributed by atoms with Gasteiger partial charge in [-0.25, -0.2) is 9.97 Å². The lowest BCUT2D eigenvalue weighted by molar-refractivity contribution is 0.878. The standard InChI is InChI=1S/C14H15Cl2N3S2/c1-3-6-17-12-8-13(19-14(18-12)20-2)21-9-4-5-10(15)11(16)7-9/h4-5,7-8H,3,6H2,1-2H3,(H,17,18,19). The van der Waals surface area contributed by atoms with Crippen molar-refractivity contribution in [1.82, 2.24) is 9.97 Å². The quantitative estimate of drug-likeness (QED) is 0.420. The van der Waals surface area contributed by atoms with Gasteiger partial charge in [0.2, 0.25) is 0 Å². The predicted octanol–water partition coefficient (Wildman–Crippen LogP) is 5.48. The van der Waals surface area contributed by atoms with Gasteiger partial charge in [-0.05, 0) is 30.9 Å². The highest BCUT2D eigenvalue weighted by Gasteiger charge is 2.07. The molecule has 0 spiro atoms. The van der Waals surface area contributed by atoms with Gasteiger partial charge in [-0.15, -0.1) is 0 Å². The Hall–Kier alpha value is -0.620. The number of nitrogens with zero attached hydrogens (tertiary/aromatic N) is 2. The van der Waals surface area contributed by atoms with Crippen molar-refractivity contribution in [2.24, 2.45) is 0 Å². The molecule has 0 atom stereocenters. The molecule has 21 heavy (non-hydrogen) atoms. The zero-order valence-corrected chi connectivity index (χ0v) is 14.8. The molecular weight excluding hydrogens is 345 g/mol. The summed E-state index contributed by atoms with van der Waals surface area (Å²) in [5.41, 5.74) is 0. The average molecular weight is 360 g/mol. The van der Waals surface area contributed by atoms with Gasteiger partial charge in [0, 0.05) is 17.5 Å². The third-order valence-electron chi connectivity index (χ3n) is 2.53. The molecule has 1 aromatic heterocycles. The van der Waals surface area contributed by atoms with E-state index in [0.717, 1.165) is 33.9 Å². The lowest BCUT2D eigenvalue weighted by Crippen LogP contribution is -2.03. The smallest absolute Gasteiger partial charge is 0.190 e. The molecule has 0 aliphatic heterocycles. The SMILES string of the molecule is CCCNc1cc(Sc2ccc(Cl)c(Cl)c2)nc(SC)n1. The number of thioether (sulfide) groups is 1. The summed E-state index contributed by atoms with van der Waals surface area (Å²) in [7, 11) is 0. The Kier molecular flexibility index (Phi) is 6.48. The van der Waals surface area contributed by atoms with Gasteiger partial charge in [-0.2, -0.15) is 0 Å². The van der Waals surface area contributed by atoms with Crippen molar-refractivity contribution in [3.63, 3.8) is 0 Å². The number of rotatable bonds is 6. The van der Waals surface area contributed by atoms with Gasteiger partial charge < -0.3 is 5.32 Å². The molecule has 0 aliphatic rings. The zero-order chi connectivity index (χ0) is 15.2. The molecule has 0 bridgehead atoms. The largest absolute Gasteiger partial charge is 0.370 e. The fraction of sp³-hybridized carbons (Fsp3) is 0.286. The number of hydrogen-bond donors (Lipinski definition) is 1. The molecule has 1 heterocycles. The third kappa shape index (κ3) is 4.95. The van der Waals surface area contributed by atoms with Gasteiger partial charge in [0.1, 0.15) is 10.8 Å². The maximum atomic E-state index is 6.04. The van der Waals surface area contributed by atoms with Crippen molar-refractivity contribution >= 4 is 52.5 Å². The number of hydrogen-bond acceptors (Lipinski definition) is 5. The molecule has 0 unspecified atom stereocenters. The molecule has 112 valence electrons. The van der Waals surface area contributed by atoms with Crippen LogP contribution in [0.4, 0.5) is 5.82 Å². The van der Waals surface area contributed by atoms with Crippen LogP contribution >= 0.6 is 46.7 Å². The Balaban J connectivity index is 2.23. The number of anilines is 1. The summed E-state index contributed by atoms with van der Waals surface area (Å²) in [4.78, 5) is 9.95. The third-order valence-corrected chi connectivity index (χ3v) is 4.73. The molecule has 0 radical (unpaired) electrons. The normalized spacial score (nSPS) is 10.7. The molecule has 0 saturated heterocycles. The summed E-state index contributed by atoms with van der Waals surface area (Å²) in [6.45, 7) is 3.01. The van der Waals surface area contributed by atoms with E-state index in [1.807, 2.05) is 24.5 Å². The van der Waals surface area contributed by atoms with Crippen LogP contribution in [-0.4, -0.2) is 22.8 Å². The van der Waals surface area contributed by atoms with E-state index < -0.39 is 0 Å². The molecule has 0 saturated carbocycles. The summed E-state index contributed by atoms with van der Waals surface area (Å²) in [6.07, 6.45) is 3.01. The maximum absolute atomic E-state index is 6.04. The van der Waals surface area contributed by atoms with Gasteiger partial charge in [0.25, 0.3) is 0 Å². The fourth-order valence-corrected chi connectivity index (χ4v) is 3.21. The summed E-state index contributed by atoms with van der Waals surface area (Å²) in [6, 6.07) is 7.51. The van der Waals surface area contributed by atoms with Crippen LogP contribution in [0.15, 0.2) is 39.3 Å². The van der Waals surface area contributed by atoms with Crippen molar-refractivity contribution in [1.29, 1.82) is 0 Å². The maximum Gasteiger partial charge on any atom is 0.190 e. The minimum Gasteiger partial charge on any atom is -0.370 e. The number of aromatic nitrogens is 2.